The fourth-order valence-electron chi connectivity index (χ4n) is 3.52. The van der Waals surface area contributed by atoms with Crippen molar-refractivity contribution in [1.82, 2.24) is 20.0 Å². The Balaban J connectivity index is 1.71. The first kappa shape index (κ1) is 18.3. The Morgan fingerprint density at radius 1 is 1.26 bits per heavy atom. The van der Waals surface area contributed by atoms with E-state index in [0.717, 1.165) is 65.1 Å². The standard InChI is InChI=1S/C18H32N4O/c1-4-8-22-9-6-5-7-17(22)18(23)19-14-16(2)15-21-12-10-20(3)11-13-21/h1,16-17H,5-15H2,2-3H3,(H,19,23)/t16-,17-/m1/s1. The van der Waals surface area contributed by atoms with E-state index in [0.29, 0.717) is 12.5 Å². The number of likely N-dealkylation sites (tertiary alicyclic amines) is 1. The molecular formula is C18H32N4O. The van der Waals surface area contributed by atoms with Gasteiger partial charge in [-0.2, -0.15) is 0 Å². The zero-order valence-electron chi connectivity index (χ0n) is 14.8. The van der Waals surface area contributed by atoms with Crippen molar-refractivity contribution in [1.29, 1.82) is 0 Å². The van der Waals surface area contributed by atoms with Gasteiger partial charge in [-0.15, -0.1) is 6.42 Å². The van der Waals surface area contributed by atoms with Gasteiger partial charge in [0.05, 0.1) is 12.6 Å². The molecule has 1 amide bonds. The second-order valence-electron chi connectivity index (χ2n) is 7.14. The molecule has 2 aliphatic heterocycles. The third kappa shape index (κ3) is 5.80. The zero-order valence-corrected chi connectivity index (χ0v) is 14.8. The molecule has 0 saturated carbocycles. The van der Waals surface area contributed by atoms with Crippen molar-refractivity contribution >= 4 is 5.91 Å². The largest absolute Gasteiger partial charge is 0.354 e. The quantitative estimate of drug-likeness (QED) is 0.722. The van der Waals surface area contributed by atoms with E-state index < -0.39 is 0 Å². The Bertz CT molecular complexity index is 412. The molecule has 0 aliphatic carbocycles. The van der Waals surface area contributed by atoms with Gasteiger partial charge in [0.15, 0.2) is 0 Å². The number of nitrogens with one attached hydrogen (secondary N) is 1. The van der Waals surface area contributed by atoms with Crippen LogP contribution in [0.25, 0.3) is 0 Å². The van der Waals surface area contributed by atoms with E-state index in [1.807, 2.05) is 0 Å². The number of hydrogen-bond acceptors (Lipinski definition) is 4. The van der Waals surface area contributed by atoms with Crippen LogP contribution in [0.15, 0.2) is 0 Å². The lowest BCUT2D eigenvalue weighted by Gasteiger charge is -2.35. The van der Waals surface area contributed by atoms with Gasteiger partial charge in [0.2, 0.25) is 5.91 Å². The van der Waals surface area contributed by atoms with Gasteiger partial charge in [-0.1, -0.05) is 19.3 Å². The van der Waals surface area contributed by atoms with Crippen molar-refractivity contribution in [2.24, 2.45) is 5.92 Å². The monoisotopic (exact) mass is 320 g/mol. The fraction of sp³-hybridized carbons (Fsp3) is 0.833. The first-order valence-electron chi connectivity index (χ1n) is 8.96. The summed E-state index contributed by atoms with van der Waals surface area (Å²) in [6, 6.07) is -0.0318. The summed E-state index contributed by atoms with van der Waals surface area (Å²) >= 11 is 0. The Morgan fingerprint density at radius 3 is 2.70 bits per heavy atom. The summed E-state index contributed by atoms with van der Waals surface area (Å²) in [5.41, 5.74) is 0. The number of likely N-dealkylation sites (N-methyl/N-ethyl adjacent to an activating group) is 1. The minimum Gasteiger partial charge on any atom is -0.354 e. The number of piperazine rings is 1. The average molecular weight is 320 g/mol. The van der Waals surface area contributed by atoms with Crippen molar-refractivity contribution in [3.63, 3.8) is 0 Å². The van der Waals surface area contributed by atoms with Gasteiger partial charge in [0, 0.05) is 39.3 Å². The van der Waals surface area contributed by atoms with Gasteiger partial charge in [-0.25, -0.2) is 0 Å². The van der Waals surface area contributed by atoms with Gasteiger partial charge in [0.25, 0.3) is 0 Å². The molecule has 2 heterocycles. The van der Waals surface area contributed by atoms with E-state index >= 15 is 0 Å². The minimum atomic E-state index is -0.0318. The fourth-order valence-corrected chi connectivity index (χ4v) is 3.52. The molecule has 2 saturated heterocycles. The van der Waals surface area contributed by atoms with E-state index in [9.17, 15) is 4.79 Å². The summed E-state index contributed by atoms with van der Waals surface area (Å²) in [5.74, 6) is 3.32. The van der Waals surface area contributed by atoms with Gasteiger partial charge >= 0.3 is 0 Å². The highest BCUT2D eigenvalue weighted by atomic mass is 16.2. The maximum atomic E-state index is 12.5. The summed E-state index contributed by atoms with van der Waals surface area (Å²) in [4.78, 5) is 19.5. The highest BCUT2D eigenvalue weighted by molar-refractivity contribution is 5.81. The molecule has 23 heavy (non-hydrogen) atoms. The van der Waals surface area contributed by atoms with Crippen LogP contribution in [-0.2, 0) is 4.79 Å². The molecule has 0 aromatic carbocycles. The number of terminal acetylenes is 1. The summed E-state index contributed by atoms with van der Waals surface area (Å²) < 4.78 is 0. The Morgan fingerprint density at radius 2 is 2.00 bits per heavy atom. The topological polar surface area (TPSA) is 38.8 Å². The number of carbonyl (C=O) groups excluding carboxylic acids is 1. The van der Waals surface area contributed by atoms with Gasteiger partial charge in [-0.3, -0.25) is 9.69 Å². The second kappa shape index (κ2) is 9.27. The molecule has 0 aromatic rings. The van der Waals surface area contributed by atoms with Gasteiger partial charge < -0.3 is 15.1 Å². The van der Waals surface area contributed by atoms with Gasteiger partial charge in [0.1, 0.15) is 0 Å². The Kier molecular flexibility index (Phi) is 7.35. The second-order valence-corrected chi connectivity index (χ2v) is 7.14. The van der Waals surface area contributed by atoms with Crippen molar-refractivity contribution in [3.05, 3.63) is 0 Å². The molecule has 0 spiro atoms. The Hall–Kier alpha value is -1.09. The predicted octanol–water partition coefficient (Wildman–Crippen LogP) is 0.474. The van der Waals surface area contributed by atoms with Crippen molar-refractivity contribution in [3.8, 4) is 12.3 Å². The third-order valence-electron chi connectivity index (χ3n) is 5.00. The van der Waals surface area contributed by atoms with Crippen molar-refractivity contribution < 1.29 is 4.79 Å². The van der Waals surface area contributed by atoms with E-state index in [1.54, 1.807) is 0 Å². The van der Waals surface area contributed by atoms with Crippen LogP contribution >= 0.6 is 0 Å². The van der Waals surface area contributed by atoms with Crippen LogP contribution in [0.5, 0.6) is 0 Å². The maximum absolute atomic E-state index is 12.5. The van der Waals surface area contributed by atoms with Crippen molar-refractivity contribution in [2.45, 2.75) is 32.2 Å². The van der Waals surface area contributed by atoms with Crippen LogP contribution in [0.1, 0.15) is 26.2 Å². The van der Waals surface area contributed by atoms with Crippen molar-refractivity contribution in [2.75, 3.05) is 59.4 Å². The molecule has 5 nitrogen and oxygen atoms in total. The third-order valence-corrected chi connectivity index (χ3v) is 5.00. The van der Waals surface area contributed by atoms with Crippen LogP contribution in [0, 0.1) is 18.3 Å². The first-order chi connectivity index (χ1) is 11.1. The lowest BCUT2D eigenvalue weighted by atomic mass is 10.0. The molecule has 1 N–H and O–H groups in total. The number of rotatable bonds is 6. The van der Waals surface area contributed by atoms with E-state index in [4.69, 9.17) is 6.42 Å². The highest BCUT2D eigenvalue weighted by Gasteiger charge is 2.28. The SMILES string of the molecule is C#CCN1CCCC[C@@H]1C(=O)NC[C@@H](C)CN1CCN(C)CC1. The van der Waals surface area contributed by atoms with Gasteiger partial charge in [-0.05, 0) is 32.4 Å². The van der Waals surface area contributed by atoms with E-state index in [1.165, 1.54) is 0 Å². The first-order valence-corrected chi connectivity index (χ1v) is 8.96. The molecule has 0 bridgehead atoms. The molecule has 0 unspecified atom stereocenters. The minimum absolute atomic E-state index is 0.0318. The number of piperidine rings is 1. The predicted molar refractivity (Wildman–Crippen MR) is 94.2 cm³/mol. The molecule has 2 aliphatic rings. The van der Waals surface area contributed by atoms with Crippen LogP contribution in [0.2, 0.25) is 0 Å². The molecule has 2 atom stereocenters. The van der Waals surface area contributed by atoms with Crippen LogP contribution < -0.4 is 5.32 Å². The van der Waals surface area contributed by atoms with E-state index in [-0.39, 0.29) is 11.9 Å². The van der Waals surface area contributed by atoms with Crippen LogP contribution in [0.3, 0.4) is 0 Å². The highest BCUT2D eigenvalue weighted by Crippen LogP contribution is 2.16. The molecule has 0 aromatic heterocycles. The Labute approximate surface area is 141 Å². The smallest absolute Gasteiger partial charge is 0.237 e. The molecule has 2 rings (SSSR count). The number of nitrogens with zero attached hydrogens (tertiary/aromatic N) is 3. The molecule has 5 heteroatoms. The van der Waals surface area contributed by atoms with E-state index in [2.05, 4.69) is 39.9 Å². The molecule has 0 radical (unpaired) electrons. The lowest BCUT2D eigenvalue weighted by molar-refractivity contribution is -0.127. The summed E-state index contributed by atoms with van der Waals surface area (Å²) in [5, 5.41) is 3.15. The summed E-state index contributed by atoms with van der Waals surface area (Å²) in [6.45, 7) is 10.1. The van der Waals surface area contributed by atoms with Crippen LogP contribution in [-0.4, -0.2) is 86.1 Å². The normalized spacial score (nSPS) is 25.7. The average Bonchev–Trinajstić information content (AvgIpc) is 2.56. The number of amides is 1. The molecule has 2 fully saturated rings. The maximum Gasteiger partial charge on any atom is 0.237 e. The number of hydrogen-bond donors (Lipinski definition) is 1. The number of carbonyl (C=O) groups is 1. The summed E-state index contributed by atoms with van der Waals surface area (Å²) in [7, 11) is 2.17. The zero-order chi connectivity index (χ0) is 16.7. The van der Waals surface area contributed by atoms with Crippen LogP contribution in [0.4, 0.5) is 0 Å². The summed E-state index contributed by atoms with van der Waals surface area (Å²) in [6.07, 6.45) is 8.62. The molecule has 130 valence electrons. The molecular weight excluding hydrogens is 288 g/mol. The lowest BCUT2D eigenvalue weighted by Crippen LogP contribution is -2.51.